The summed E-state index contributed by atoms with van der Waals surface area (Å²) >= 11 is 1.43. The van der Waals surface area contributed by atoms with E-state index in [1.807, 2.05) is 42.6 Å². The molecule has 0 spiro atoms. The highest BCUT2D eigenvalue weighted by molar-refractivity contribution is 7.84. The predicted molar refractivity (Wildman–Crippen MR) is 140 cm³/mol. The van der Waals surface area contributed by atoms with Gasteiger partial charge in [0.1, 0.15) is 16.8 Å². The zero-order valence-electron chi connectivity index (χ0n) is 20.5. The summed E-state index contributed by atoms with van der Waals surface area (Å²) in [5.41, 5.74) is 2.59. The van der Waals surface area contributed by atoms with E-state index in [0.717, 1.165) is 23.2 Å². The molecule has 1 heterocycles. The lowest BCUT2D eigenvalue weighted by molar-refractivity contribution is -0.123. The Morgan fingerprint density at radius 3 is 2.27 bits per heavy atom. The Hall–Kier alpha value is -3.48. The molecule has 0 saturated heterocycles. The molecule has 2 amide bonds. The van der Waals surface area contributed by atoms with Crippen LogP contribution in [0.1, 0.15) is 41.7 Å². The first-order valence-corrected chi connectivity index (χ1v) is 14.0. The first-order valence-electron chi connectivity index (χ1n) is 11.7. The summed E-state index contributed by atoms with van der Waals surface area (Å²) in [6.45, 7) is 3.86. The highest BCUT2D eigenvalue weighted by atomic mass is 32.2. The largest absolute Gasteiger partial charge is 0.450 e. The summed E-state index contributed by atoms with van der Waals surface area (Å²) in [6.07, 6.45) is 0.714. The number of hydrogen-bond acceptors (Lipinski definition) is 8. The van der Waals surface area contributed by atoms with Crippen LogP contribution in [0, 0.1) is 0 Å². The third-order valence-electron chi connectivity index (χ3n) is 5.29. The number of thiazole rings is 1. The molecule has 0 saturated carbocycles. The Labute approximate surface area is 220 Å². The quantitative estimate of drug-likeness (QED) is 0.316. The number of nitrogens with zero attached hydrogens (tertiary/aromatic N) is 1. The van der Waals surface area contributed by atoms with Gasteiger partial charge in [0.05, 0.1) is 18.3 Å². The van der Waals surface area contributed by atoms with E-state index in [2.05, 4.69) is 15.6 Å². The summed E-state index contributed by atoms with van der Waals surface area (Å²) in [4.78, 5) is 30.3. The summed E-state index contributed by atoms with van der Waals surface area (Å²) in [7, 11) is -4.13. The van der Waals surface area contributed by atoms with Crippen molar-refractivity contribution < 1.29 is 26.9 Å². The van der Waals surface area contributed by atoms with Crippen molar-refractivity contribution in [3.05, 3.63) is 81.8 Å². The average molecular weight is 547 g/mol. The van der Waals surface area contributed by atoms with Gasteiger partial charge in [-0.2, -0.15) is 13.6 Å². The molecule has 3 aromatic rings. The fraction of sp³-hybridized carbons (Fsp3) is 0.320. The van der Waals surface area contributed by atoms with Gasteiger partial charge in [0.2, 0.25) is 5.91 Å². The Morgan fingerprint density at radius 2 is 1.68 bits per heavy atom. The minimum atomic E-state index is -4.13. The minimum absolute atomic E-state index is 0.0796. The molecule has 12 heteroatoms. The van der Waals surface area contributed by atoms with Crippen molar-refractivity contribution >= 4 is 33.6 Å². The van der Waals surface area contributed by atoms with Gasteiger partial charge in [0.15, 0.2) is 0 Å². The average Bonchev–Trinajstić information content (AvgIpc) is 3.34. The van der Waals surface area contributed by atoms with Gasteiger partial charge in [-0.3, -0.25) is 4.79 Å². The van der Waals surface area contributed by atoms with E-state index >= 15 is 0 Å². The fourth-order valence-corrected chi connectivity index (χ4v) is 4.87. The maximum Gasteiger partial charge on any atom is 0.407 e. The number of alkyl carbamates (subject to hydrolysis) is 1. The number of amides is 2. The molecule has 2 aromatic carbocycles. The standard InChI is InChI=1S/C25H30N4O6S2/c1-3-19-16-36-24(27-19)22(15-18-10-12-20(13-11-18)35-37(26,32)33)28-23(30)21(29-25(31)34-4-2)14-17-8-6-5-7-9-17/h5-13,16,21-22H,3-4,14-15H2,1-2H3,(H,28,30)(H,29,31)(H2,26,32,33). The number of carbonyl (C=O) groups is 2. The Bertz CT molecular complexity index is 1280. The zero-order valence-corrected chi connectivity index (χ0v) is 22.2. The molecule has 0 fully saturated rings. The smallest absolute Gasteiger partial charge is 0.407 e. The molecular formula is C25H30N4O6S2. The van der Waals surface area contributed by atoms with E-state index in [9.17, 15) is 18.0 Å². The van der Waals surface area contributed by atoms with Crippen LogP contribution in [0.25, 0.3) is 0 Å². The van der Waals surface area contributed by atoms with Crippen LogP contribution >= 0.6 is 11.3 Å². The van der Waals surface area contributed by atoms with Gasteiger partial charge in [-0.05, 0) is 43.0 Å². The molecule has 2 atom stereocenters. The van der Waals surface area contributed by atoms with Crippen LogP contribution in [0.5, 0.6) is 5.75 Å². The molecule has 37 heavy (non-hydrogen) atoms. The Morgan fingerprint density at radius 1 is 1.00 bits per heavy atom. The zero-order chi connectivity index (χ0) is 26.8. The van der Waals surface area contributed by atoms with Crippen molar-refractivity contribution in [1.82, 2.24) is 15.6 Å². The number of ether oxygens (including phenoxy) is 1. The van der Waals surface area contributed by atoms with Gasteiger partial charge < -0.3 is 19.6 Å². The van der Waals surface area contributed by atoms with Crippen molar-refractivity contribution in [2.45, 2.75) is 45.2 Å². The van der Waals surface area contributed by atoms with E-state index in [1.165, 1.54) is 23.5 Å². The molecule has 0 aliphatic carbocycles. The van der Waals surface area contributed by atoms with Crippen molar-refractivity contribution in [3.8, 4) is 5.75 Å². The van der Waals surface area contributed by atoms with Gasteiger partial charge in [-0.25, -0.2) is 9.78 Å². The number of nitrogens with one attached hydrogen (secondary N) is 2. The third-order valence-corrected chi connectivity index (χ3v) is 6.72. The van der Waals surface area contributed by atoms with Gasteiger partial charge in [0, 0.05) is 11.8 Å². The summed E-state index contributed by atoms with van der Waals surface area (Å²) in [5.74, 6) is -0.305. The number of nitrogens with two attached hydrogens (primary N) is 1. The second kappa shape index (κ2) is 13.2. The monoisotopic (exact) mass is 546 g/mol. The summed E-state index contributed by atoms with van der Waals surface area (Å²) < 4.78 is 32.0. The van der Waals surface area contributed by atoms with Gasteiger partial charge in [-0.15, -0.1) is 11.3 Å². The first kappa shape index (κ1) is 28.1. The molecular weight excluding hydrogens is 516 g/mol. The highest BCUT2D eigenvalue weighted by Crippen LogP contribution is 2.24. The molecule has 3 rings (SSSR count). The summed E-state index contributed by atoms with van der Waals surface area (Å²) in [6, 6.07) is 14.3. The number of aromatic nitrogens is 1. The molecule has 10 nitrogen and oxygen atoms in total. The fourth-order valence-electron chi connectivity index (χ4n) is 3.54. The van der Waals surface area contributed by atoms with Gasteiger partial charge >= 0.3 is 16.4 Å². The molecule has 1 aromatic heterocycles. The number of carbonyl (C=O) groups excluding carboxylic acids is 2. The lowest BCUT2D eigenvalue weighted by atomic mass is 10.0. The van der Waals surface area contributed by atoms with Crippen molar-refractivity contribution in [3.63, 3.8) is 0 Å². The first-order chi connectivity index (χ1) is 17.7. The second-order valence-corrected chi connectivity index (χ2v) is 10.2. The van der Waals surface area contributed by atoms with Crippen LogP contribution in [0.3, 0.4) is 0 Å². The molecule has 0 aliphatic rings. The van der Waals surface area contributed by atoms with Crippen molar-refractivity contribution in [2.24, 2.45) is 5.14 Å². The molecule has 4 N–H and O–H groups in total. The number of rotatable bonds is 12. The predicted octanol–water partition coefficient (Wildman–Crippen LogP) is 3.05. The van der Waals surface area contributed by atoms with Crippen molar-refractivity contribution in [1.29, 1.82) is 0 Å². The van der Waals surface area contributed by atoms with Crippen LogP contribution in [0.15, 0.2) is 60.0 Å². The van der Waals surface area contributed by atoms with E-state index < -0.39 is 28.5 Å². The molecule has 0 radical (unpaired) electrons. The van der Waals surface area contributed by atoms with Gasteiger partial charge in [-0.1, -0.05) is 49.4 Å². The second-order valence-electron chi connectivity index (χ2n) is 8.12. The Balaban J connectivity index is 1.82. The van der Waals surface area contributed by atoms with Gasteiger partial charge in [0.25, 0.3) is 0 Å². The lowest BCUT2D eigenvalue weighted by Gasteiger charge is -2.23. The molecule has 0 bridgehead atoms. The van der Waals surface area contributed by atoms with E-state index in [-0.39, 0.29) is 24.7 Å². The Kier molecular flexibility index (Phi) is 10.0. The summed E-state index contributed by atoms with van der Waals surface area (Å²) in [5, 5.41) is 13.3. The van der Waals surface area contributed by atoms with E-state index in [1.54, 1.807) is 19.1 Å². The molecule has 2 unspecified atom stereocenters. The van der Waals surface area contributed by atoms with Crippen LogP contribution in [0.4, 0.5) is 4.79 Å². The number of benzene rings is 2. The van der Waals surface area contributed by atoms with E-state index in [4.69, 9.17) is 14.1 Å². The number of hydrogen-bond donors (Lipinski definition) is 3. The molecule has 198 valence electrons. The van der Waals surface area contributed by atoms with Crippen LogP contribution in [0.2, 0.25) is 0 Å². The topological polar surface area (TPSA) is 150 Å². The van der Waals surface area contributed by atoms with Crippen molar-refractivity contribution in [2.75, 3.05) is 6.61 Å². The maximum absolute atomic E-state index is 13.4. The number of aryl methyl sites for hydroxylation is 1. The molecule has 0 aliphatic heterocycles. The third kappa shape index (κ3) is 9.16. The van der Waals surface area contributed by atoms with E-state index in [0.29, 0.717) is 11.4 Å². The lowest BCUT2D eigenvalue weighted by Crippen LogP contribution is -2.49. The van der Waals surface area contributed by atoms with Crippen LogP contribution in [-0.4, -0.2) is 38.1 Å². The SMILES string of the molecule is CCOC(=O)NC(Cc1ccccc1)C(=O)NC(Cc1ccc(OS(N)(=O)=O)cc1)c1nc(CC)cs1. The normalized spacial score (nSPS) is 12.8. The minimum Gasteiger partial charge on any atom is -0.450 e. The maximum atomic E-state index is 13.4. The van der Waals surface area contributed by atoms with Crippen LogP contribution in [-0.2, 0) is 39.1 Å². The highest BCUT2D eigenvalue weighted by Gasteiger charge is 2.26. The van der Waals surface area contributed by atoms with Crippen LogP contribution < -0.4 is 20.0 Å².